The smallest absolute Gasteiger partial charge is 0.406 e. The topological polar surface area (TPSA) is 59.0 Å². The Bertz CT molecular complexity index is 703. The van der Waals surface area contributed by atoms with Crippen molar-refractivity contribution in [2.75, 3.05) is 5.73 Å². The Balaban J connectivity index is 2.38. The van der Waals surface area contributed by atoms with E-state index in [1.807, 2.05) is 0 Å². The summed E-state index contributed by atoms with van der Waals surface area (Å²) in [4.78, 5) is 0. The number of hydrogen-bond donors (Lipinski definition) is 1. The van der Waals surface area contributed by atoms with Gasteiger partial charge in [-0.1, -0.05) is 12.1 Å². The molecule has 0 spiro atoms. The molecule has 2 N–H and O–H groups in total. The minimum atomic E-state index is -4.77. The van der Waals surface area contributed by atoms with Gasteiger partial charge >= 0.3 is 6.36 Å². The van der Waals surface area contributed by atoms with E-state index in [0.717, 1.165) is 18.2 Å². The van der Waals surface area contributed by atoms with Gasteiger partial charge in [-0.2, -0.15) is 5.26 Å². The summed E-state index contributed by atoms with van der Waals surface area (Å²) in [6, 6.07) is 8.80. The molecule has 0 aliphatic rings. The van der Waals surface area contributed by atoms with Crippen LogP contribution in [-0.2, 0) is 0 Å². The normalized spacial score (nSPS) is 11.0. The van der Waals surface area contributed by atoms with Crippen molar-refractivity contribution in [2.45, 2.75) is 6.36 Å². The molecule has 0 saturated heterocycles. The van der Waals surface area contributed by atoms with E-state index in [9.17, 15) is 17.6 Å². The minimum absolute atomic E-state index is 0.0796. The average molecular weight is 296 g/mol. The second kappa shape index (κ2) is 5.32. The number of benzene rings is 2. The van der Waals surface area contributed by atoms with Crippen molar-refractivity contribution >= 4 is 5.69 Å². The molecule has 2 aromatic carbocycles. The second-order valence-corrected chi connectivity index (χ2v) is 4.10. The van der Waals surface area contributed by atoms with E-state index in [1.165, 1.54) is 18.2 Å². The number of anilines is 1. The fourth-order valence-corrected chi connectivity index (χ4v) is 1.76. The molecule has 0 aliphatic carbocycles. The van der Waals surface area contributed by atoms with Crippen molar-refractivity contribution < 1.29 is 22.3 Å². The van der Waals surface area contributed by atoms with Gasteiger partial charge in [0.25, 0.3) is 0 Å². The molecule has 0 bridgehead atoms. The molecule has 0 amide bonds. The van der Waals surface area contributed by atoms with Crippen molar-refractivity contribution in [2.24, 2.45) is 0 Å². The Hall–Kier alpha value is -2.75. The Labute approximate surface area is 117 Å². The zero-order valence-electron chi connectivity index (χ0n) is 10.4. The molecular weight excluding hydrogens is 288 g/mol. The Morgan fingerprint density at radius 2 is 1.71 bits per heavy atom. The molecular formula is C14H8F4N2O. The number of nitriles is 1. The lowest BCUT2D eigenvalue weighted by atomic mass is 10.0. The number of hydrogen-bond acceptors (Lipinski definition) is 3. The summed E-state index contributed by atoms with van der Waals surface area (Å²) >= 11 is 0. The summed E-state index contributed by atoms with van der Waals surface area (Å²) in [7, 11) is 0. The van der Waals surface area contributed by atoms with Crippen LogP contribution >= 0.6 is 0 Å². The molecule has 0 radical (unpaired) electrons. The van der Waals surface area contributed by atoms with Crippen molar-refractivity contribution in [1.29, 1.82) is 5.26 Å². The summed E-state index contributed by atoms with van der Waals surface area (Å²) in [6.45, 7) is 0. The molecule has 2 aromatic rings. The SMILES string of the molecule is N#Cc1cc(-c2ccc(OC(F)(F)F)cc2)c(N)cc1F. The molecule has 108 valence electrons. The molecule has 0 fully saturated rings. The highest BCUT2D eigenvalue weighted by molar-refractivity contribution is 5.78. The highest BCUT2D eigenvalue weighted by atomic mass is 19.4. The third kappa shape index (κ3) is 3.42. The van der Waals surface area contributed by atoms with Gasteiger partial charge in [-0.25, -0.2) is 4.39 Å². The predicted molar refractivity (Wildman–Crippen MR) is 67.6 cm³/mol. The first-order valence-corrected chi connectivity index (χ1v) is 5.65. The fraction of sp³-hybridized carbons (Fsp3) is 0.0714. The van der Waals surface area contributed by atoms with Crippen molar-refractivity contribution in [3.05, 3.63) is 47.8 Å². The standard InChI is InChI=1S/C14H8F4N2O/c15-12-6-13(20)11(5-9(12)7-19)8-1-3-10(4-2-8)21-14(16,17)18/h1-6H,20H2. The summed E-state index contributed by atoms with van der Waals surface area (Å²) in [5.41, 5.74) is 6.33. The van der Waals surface area contributed by atoms with Gasteiger partial charge in [0.1, 0.15) is 17.6 Å². The van der Waals surface area contributed by atoms with E-state index < -0.39 is 12.2 Å². The number of ether oxygens (including phenoxy) is 1. The molecule has 0 aliphatic heterocycles. The molecule has 21 heavy (non-hydrogen) atoms. The highest BCUT2D eigenvalue weighted by Gasteiger charge is 2.30. The maximum absolute atomic E-state index is 13.3. The first kappa shape index (κ1) is 14.7. The lowest BCUT2D eigenvalue weighted by Gasteiger charge is -2.10. The van der Waals surface area contributed by atoms with Gasteiger partial charge in [0, 0.05) is 11.3 Å². The van der Waals surface area contributed by atoms with Gasteiger partial charge in [0.05, 0.1) is 5.56 Å². The van der Waals surface area contributed by atoms with Gasteiger partial charge in [-0.3, -0.25) is 0 Å². The highest BCUT2D eigenvalue weighted by Crippen LogP contribution is 2.31. The summed E-state index contributed by atoms with van der Waals surface area (Å²) in [5.74, 6) is -1.14. The molecule has 0 aromatic heterocycles. The molecule has 2 rings (SSSR count). The molecule has 0 saturated carbocycles. The van der Waals surface area contributed by atoms with E-state index in [4.69, 9.17) is 11.0 Å². The van der Waals surface area contributed by atoms with E-state index in [-0.39, 0.29) is 17.0 Å². The van der Waals surface area contributed by atoms with Crippen LogP contribution in [0.5, 0.6) is 5.75 Å². The maximum atomic E-state index is 13.3. The minimum Gasteiger partial charge on any atom is -0.406 e. The average Bonchev–Trinajstić information content (AvgIpc) is 2.38. The largest absolute Gasteiger partial charge is 0.573 e. The molecule has 0 heterocycles. The zero-order valence-corrected chi connectivity index (χ0v) is 10.4. The van der Waals surface area contributed by atoms with Crippen LogP contribution in [0.25, 0.3) is 11.1 Å². The number of nitrogen functional groups attached to an aromatic ring is 1. The third-order valence-corrected chi connectivity index (χ3v) is 2.66. The van der Waals surface area contributed by atoms with Crippen molar-refractivity contribution in [3.63, 3.8) is 0 Å². The fourth-order valence-electron chi connectivity index (χ4n) is 1.76. The lowest BCUT2D eigenvalue weighted by Crippen LogP contribution is -2.16. The zero-order chi connectivity index (χ0) is 15.6. The quantitative estimate of drug-likeness (QED) is 0.676. The van der Waals surface area contributed by atoms with Gasteiger partial charge in [0.2, 0.25) is 0 Å². The Morgan fingerprint density at radius 1 is 1.10 bits per heavy atom. The number of nitrogens with two attached hydrogens (primary N) is 1. The molecule has 7 heteroatoms. The van der Waals surface area contributed by atoms with Crippen LogP contribution in [0.1, 0.15) is 5.56 Å². The summed E-state index contributed by atoms with van der Waals surface area (Å²) in [6.07, 6.45) is -4.77. The predicted octanol–water partition coefficient (Wildman–Crippen LogP) is 3.85. The van der Waals surface area contributed by atoms with Crippen LogP contribution in [0.15, 0.2) is 36.4 Å². The first-order valence-electron chi connectivity index (χ1n) is 5.65. The van der Waals surface area contributed by atoms with E-state index >= 15 is 0 Å². The number of nitrogens with zero attached hydrogens (tertiary/aromatic N) is 1. The van der Waals surface area contributed by atoms with Crippen molar-refractivity contribution in [1.82, 2.24) is 0 Å². The van der Waals surface area contributed by atoms with E-state index in [2.05, 4.69) is 4.74 Å². The van der Waals surface area contributed by atoms with Gasteiger partial charge < -0.3 is 10.5 Å². The van der Waals surface area contributed by atoms with Crippen LogP contribution < -0.4 is 10.5 Å². The van der Waals surface area contributed by atoms with E-state index in [0.29, 0.717) is 11.1 Å². The molecule has 3 nitrogen and oxygen atoms in total. The van der Waals surface area contributed by atoms with Gasteiger partial charge in [-0.05, 0) is 29.8 Å². The monoisotopic (exact) mass is 296 g/mol. The number of halogens is 4. The Kier molecular flexibility index (Phi) is 3.72. The third-order valence-electron chi connectivity index (χ3n) is 2.66. The van der Waals surface area contributed by atoms with Gasteiger partial charge in [-0.15, -0.1) is 13.2 Å². The molecule has 0 unspecified atom stereocenters. The van der Waals surface area contributed by atoms with Crippen molar-refractivity contribution in [3.8, 4) is 22.9 Å². The van der Waals surface area contributed by atoms with Crippen LogP contribution in [-0.4, -0.2) is 6.36 Å². The van der Waals surface area contributed by atoms with Crippen LogP contribution in [0.3, 0.4) is 0 Å². The Morgan fingerprint density at radius 3 is 2.24 bits per heavy atom. The summed E-state index contributed by atoms with van der Waals surface area (Å²) < 4.78 is 53.2. The second-order valence-electron chi connectivity index (χ2n) is 4.10. The maximum Gasteiger partial charge on any atom is 0.573 e. The lowest BCUT2D eigenvalue weighted by molar-refractivity contribution is -0.274. The number of alkyl halides is 3. The van der Waals surface area contributed by atoms with Gasteiger partial charge in [0.15, 0.2) is 0 Å². The first-order chi connectivity index (χ1) is 9.80. The van der Waals surface area contributed by atoms with Crippen LogP contribution in [0.2, 0.25) is 0 Å². The molecule has 0 atom stereocenters. The number of rotatable bonds is 2. The van der Waals surface area contributed by atoms with Crippen LogP contribution in [0.4, 0.5) is 23.2 Å². The van der Waals surface area contributed by atoms with E-state index in [1.54, 1.807) is 6.07 Å². The summed E-state index contributed by atoms with van der Waals surface area (Å²) in [5, 5.41) is 8.78. The van der Waals surface area contributed by atoms with Crippen LogP contribution in [0, 0.1) is 17.1 Å².